The Morgan fingerprint density at radius 1 is 0.842 bits per heavy atom. The summed E-state index contributed by atoms with van der Waals surface area (Å²) in [6.45, 7) is 0. The minimum Gasteiger partial charge on any atom is -0.508 e. The van der Waals surface area contributed by atoms with E-state index in [4.69, 9.17) is 11.5 Å². The summed E-state index contributed by atoms with van der Waals surface area (Å²) in [5.74, 6) is -3.78. The van der Waals surface area contributed by atoms with E-state index in [2.05, 4.69) is 10.6 Å². The van der Waals surface area contributed by atoms with E-state index in [0.717, 1.165) is 0 Å². The van der Waals surface area contributed by atoms with Crippen molar-refractivity contribution in [3.8, 4) is 0 Å². The molecule has 3 aliphatic rings. The Morgan fingerprint density at radius 3 is 1.92 bits per heavy atom. The Bertz CT molecular complexity index is 1150. The van der Waals surface area contributed by atoms with Gasteiger partial charge in [-0.15, -0.1) is 0 Å². The van der Waals surface area contributed by atoms with Gasteiger partial charge in [0.2, 0.25) is 17.7 Å². The van der Waals surface area contributed by atoms with E-state index in [-0.39, 0.29) is 37.2 Å². The first-order valence-corrected chi connectivity index (χ1v) is 12.6. The Labute approximate surface area is 219 Å². The number of carbonyl (C=O) groups excluding carboxylic acids is 3. The number of amides is 3. The fourth-order valence-electron chi connectivity index (χ4n) is 4.53. The van der Waals surface area contributed by atoms with Crippen LogP contribution in [-0.4, -0.2) is 46.1 Å². The van der Waals surface area contributed by atoms with Gasteiger partial charge in [0, 0.05) is 19.3 Å². The van der Waals surface area contributed by atoms with Crippen molar-refractivity contribution in [2.75, 3.05) is 0 Å². The number of allylic oxidation sites excluding steroid dienone is 8. The molecule has 3 rings (SSSR count). The fourth-order valence-corrected chi connectivity index (χ4v) is 4.53. The molecule has 0 aromatic carbocycles. The SMILES string of the molecule is NC(=O)C(CC1=C(F)C=CCC1)NC(=O)C(CC1=C(F)C=CCC1)NC(=O)C(N)CC1=CC(O)=C(O)CC1. The van der Waals surface area contributed by atoms with Gasteiger partial charge < -0.3 is 32.3 Å². The minimum atomic E-state index is -1.27. The lowest BCUT2D eigenvalue weighted by Crippen LogP contribution is -2.55. The molecule has 38 heavy (non-hydrogen) atoms. The van der Waals surface area contributed by atoms with Gasteiger partial charge in [-0.25, -0.2) is 8.78 Å². The van der Waals surface area contributed by atoms with Crippen LogP contribution in [0.15, 0.2) is 70.3 Å². The predicted molar refractivity (Wildman–Crippen MR) is 137 cm³/mol. The number of carbonyl (C=O) groups is 3. The first kappa shape index (κ1) is 28.8. The summed E-state index contributed by atoms with van der Waals surface area (Å²) in [6, 6.07) is -3.61. The summed E-state index contributed by atoms with van der Waals surface area (Å²) >= 11 is 0. The van der Waals surface area contributed by atoms with Crippen LogP contribution in [0.3, 0.4) is 0 Å². The molecule has 0 fully saturated rings. The smallest absolute Gasteiger partial charge is 0.243 e. The highest BCUT2D eigenvalue weighted by Gasteiger charge is 2.30. The average molecular weight is 533 g/mol. The van der Waals surface area contributed by atoms with Crippen LogP contribution in [0.1, 0.15) is 57.8 Å². The lowest BCUT2D eigenvalue weighted by Gasteiger charge is -2.26. The maximum Gasteiger partial charge on any atom is 0.243 e. The van der Waals surface area contributed by atoms with Crippen molar-refractivity contribution in [2.45, 2.75) is 75.9 Å². The molecule has 0 saturated heterocycles. The van der Waals surface area contributed by atoms with Crippen LogP contribution in [-0.2, 0) is 14.4 Å². The second-order valence-corrected chi connectivity index (χ2v) is 9.66. The summed E-state index contributed by atoms with van der Waals surface area (Å²) in [5.41, 5.74) is 12.8. The van der Waals surface area contributed by atoms with Crippen LogP contribution < -0.4 is 22.1 Å². The summed E-state index contributed by atoms with van der Waals surface area (Å²) in [6.07, 6.45) is 9.50. The molecule has 3 amide bonds. The minimum absolute atomic E-state index is 0.0577. The first-order valence-electron chi connectivity index (χ1n) is 12.6. The Balaban J connectivity index is 1.75. The highest BCUT2D eigenvalue weighted by atomic mass is 19.1. The van der Waals surface area contributed by atoms with Crippen LogP contribution >= 0.6 is 0 Å². The maximum absolute atomic E-state index is 14.4. The molecule has 8 N–H and O–H groups in total. The number of rotatable bonds is 11. The molecule has 0 aliphatic heterocycles. The number of halogens is 2. The maximum atomic E-state index is 14.4. The number of hydrogen-bond donors (Lipinski definition) is 6. The zero-order chi connectivity index (χ0) is 27.8. The summed E-state index contributed by atoms with van der Waals surface area (Å²) in [7, 11) is 0. The molecule has 206 valence electrons. The molecule has 9 nitrogen and oxygen atoms in total. The van der Waals surface area contributed by atoms with E-state index in [1.165, 1.54) is 18.2 Å². The van der Waals surface area contributed by atoms with Crippen molar-refractivity contribution in [3.05, 3.63) is 70.3 Å². The van der Waals surface area contributed by atoms with Crippen LogP contribution in [0.5, 0.6) is 0 Å². The lowest BCUT2D eigenvalue weighted by molar-refractivity contribution is -0.131. The molecule has 0 aromatic heterocycles. The van der Waals surface area contributed by atoms with Gasteiger partial charge in [0.25, 0.3) is 0 Å². The highest BCUT2D eigenvalue weighted by Crippen LogP contribution is 2.27. The molecule has 11 heteroatoms. The Morgan fingerprint density at radius 2 is 1.39 bits per heavy atom. The monoisotopic (exact) mass is 532 g/mol. The van der Waals surface area contributed by atoms with Gasteiger partial charge >= 0.3 is 0 Å². The predicted octanol–water partition coefficient (Wildman–Crippen LogP) is 3.13. The van der Waals surface area contributed by atoms with E-state index in [1.807, 2.05) is 0 Å². The Kier molecular flexibility index (Phi) is 10.0. The third-order valence-electron chi connectivity index (χ3n) is 6.76. The van der Waals surface area contributed by atoms with Crippen molar-refractivity contribution in [3.63, 3.8) is 0 Å². The second-order valence-electron chi connectivity index (χ2n) is 9.66. The highest BCUT2D eigenvalue weighted by molar-refractivity contribution is 5.93. The number of primary amides is 1. The molecular weight excluding hydrogens is 498 g/mol. The summed E-state index contributed by atoms with van der Waals surface area (Å²) < 4.78 is 28.6. The van der Waals surface area contributed by atoms with E-state index in [9.17, 15) is 33.4 Å². The molecule has 0 aromatic rings. The van der Waals surface area contributed by atoms with Gasteiger partial charge in [-0.3, -0.25) is 14.4 Å². The lowest BCUT2D eigenvalue weighted by atomic mass is 9.94. The molecule has 3 aliphatic carbocycles. The van der Waals surface area contributed by atoms with Crippen molar-refractivity contribution in [2.24, 2.45) is 11.5 Å². The molecule has 0 heterocycles. The quantitative estimate of drug-likeness (QED) is 0.239. The average Bonchev–Trinajstić information content (AvgIpc) is 2.87. The zero-order valence-corrected chi connectivity index (χ0v) is 21.0. The van der Waals surface area contributed by atoms with Gasteiger partial charge in [-0.1, -0.05) is 17.7 Å². The topological polar surface area (TPSA) is 168 Å². The number of aliphatic hydroxyl groups excluding tert-OH is 2. The van der Waals surface area contributed by atoms with Gasteiger partial charge in [-0.2, -0.15) is 0 Å². The molecule has 0 saturated carbocycles. The molecule has 0 radical (unpaired) electrons. The largest absolute Gasteiger partial charge is 0.508 e. The van der Waals surface area contributed by atoms with E-state index >= 15 is 0 Å². The molecule has 3 unspecified atom stereocenters. The van der Waals surface area contributed by atoms with E-state index in [1.54, 1.807) is 12.2 Å². The summed E-state index contributed by atoms with van der Waals surface area (Å²) in [4.78, 5) is 38.3. The molecule has 0 spiro atoms. The number of hydrogen-bond acceptors (Lipinski definition) is 6. The van der Waals surface area contributed by atoms with Crippen LogP contribution in [0.4, 0.5) is 8.78 Å². The number of nitrogens with two attached hydrogens (primary N) is 2. The van der Waals surface area contributed by atoms with Crippen molar-refractivity contribution < 1.29 is 33.4 Å². The molecule has 3 atom stereocenters. The van der Waals surface area contributed by atoms with Gasteiger partial charge in [0.1, 0.15) is 29.5 Å². The van der Waals surface area contributed by atoms with Gasteiger partial charge in [-0.05, 0) is 67.9 Å². The second kappa shape index (κ2) is 13.2. The molecular formula is C27H34F2N4O5. The van der Waals surface area contributed by atoms with Crippen LogP contribution in [0.2, 0.25) is 0 Å². The van der Waals surface area contributed by atoms with Gasteiger partial charge in [0.05, 0.1) is 6.04 Å². The summed E-state index contributed by atoms with van der Waals surface area (Å²) in [5, 5.41) is 24.3. The number of aliphatic hydroxyl groups is 2. The number of nitrogens with one attached hydrogen (secondary N) is 2. The standard InChI is InChI=1S/C27H34F2N4O5/c28-18-7-3-1-5-16(18)13-21(25(31)36)32-27(38)22(14-17-6-2-4-8-19(17)29)33-26(37)20(30)11-15-9-10-23(34)24(35)12-15/h3-4,7-8,12,20-22,34-35H,1-2,5-6,9-11,13-14,30H2,(H2,31,36)(H,32,38)(H,33,37). The van der Waals surface area contributed by atoms with Crippen LogP contribution in [0, 0.1) is 0 Å². The first-order chi connectivity index (χ1) is 18.0. The third-order valence-corrected chi connectivity index (χ3v) is 6.76. The van der Waals surface area contributed by atoms with Crippen molar-refractivity contribution >= 4 is 17.7 Å². The zero-order valence-electron chi connectivity index (χ0n) is 21.0. The fraction of sp³-hybridized carbons (Fsp3) is 0.444. The van der Waals surface area contributed by atoms with Crippen molar-refractivity contribution in [1.29, 1.82) is 0 Å². The van der Waals surface area contributed by atoms with Crippen LogP contribution in [0.25, 0.3) is 0 Å². The van der Waals surface area contributed by atoms with Crippen molar-refractivity contribution in [1.82, 2.24) is 10.6 Å². The Hall–Kier alpha value is -3.73. The third kappa shape index (κ3) is 7.88. The normalized spacial score (nSPS) is 20.1. The van der Waals surface area contributed by atoms with E-state index in [0.29, 0.717) is 48.8 Å². The van der Waals surface area contributed by atoms with Gasteiger partial charge in [0.15, 0.2) is 5.76 Å². The van der Waals surface area contributed by atoms with E-state index < -0.39 is 47.5 Å². The molecule has 0 bridgehead atoms.